The van der Waals surface area contributed by atoms with Gasteiger partial charge in [0.2, 0.25) is 6.20 Å². The molecule has 0 aromatic heterocycles. The first-order valence-electron chi connectivity index (χ1n) is 2.19. The summed E-state index contributed by atoms with van der Waals surface area (Å²) in [5.41, 5.74) is 0. The fraction of sp³-hybridized carbons (Fsp3) is 0.500. The van der Waals surface area contributed by atoms with Crippen LogP contribution in [-0.2, 0) is 0 Å². The minimum Gasteiger partial charge on any atom is -0.0697 e. The lowest BCUT2D eigenvalue weighted by Gasteiger charge is -1.84. The Morgan fingerprint density at radius 2 is 2.62 bits per heavy atom. The largest absolute Gasteiger partial charge is 0.255 e. The summed E-state index contributed by atoms with van der Waals surface area (Å²) in [7, 11) is 0. The normalized spacial score (nSPS) is 28.5. The van der Waals surface area contributed by atoms with E-state index in [1.54, 1.807) is 0 Å². The summed E-state index contributed by atoms with van der Waals surface area (Å²) in [4.78, 5) is 10.5. The number of hydrogen-bond acceptors (Lipinski definition) is 2. The molecule has 0 fully saturated rings. The van der Waals surface area contributed by atoms with Gasteiger partial charge in [-0.15, -0.1) is 0 Å². The quantitative estimate of drug-likeness (QED) is 0.492. The summed E-state index contributed by atoms with van der Waals surface area (Å²) in [6, 6.07) is 0. The Labute approximate surface area is 56.5 Å². The minimum absolute atomic E-state index is 0.0394. The average molecular weight is 151 g/mol. The van der Waals surface area contributed by atoms with Gasteiger partial charge in [0.15, 0.2) is 0 Å². The van der Waals surface area contributed by atoms with Crippen molar-refractivity contribution in [3.63, 3.8) is 0 Å². The molecule has 8 heavy (non-hydrogen) atoms. The smallest absolute Gasteiger partial charge is 0.0697 e. The number of nitroso groups, excluding NO2 is 1. The summed E-state index contributed by atoms with van der Waals surface area (Å²) >= 11 is 6.85. The fourth-order valence-electron chi connectivity index (χ4n) is 0.450. The van der Waals surface area contributed by atoms with Crippen molar-refractivity contribution in [2.24, 2.45) is 0 Å². The van der Waals surface area contributed by atoms with Crippen LogP contribution >= 0.6 is 23.4 Å². The highest BCUT2D eigenvalue weighted by Gasteiger charge is 2.27. The molecule has 1 unspecified atom stereocenters. The molecule has 0 amide bonds. The maximum atomic E-state index is 10.5. The molecule has 1 rings (SSSR count). The van der Waals surface area contributed by atoms with Crippen molar-refractivity contribution >= 4 is 23.4 Å². The van der Waals surface area contributed by atoms with Crippen LogP contribution in [0.25, 0.3) is 0 Å². The van der Waals surface area contributed by atoms with Crippen molar-refractivity contribution < 1.29 is 4.76 Å². The van der Waals surface area contributed by atoms with Crippen molar-refractivity contribution in [1.29, 1.82) is 0 Å². The molecule has 1 aliphatic rings. The predicted molar refractivity (Wildman–Crippen MR) is 34.6 cm³/mol. The average Bonchev–Trinajstić information content (AvgIpc) is 1.85. The van der Waals surface area contributed by atoms with Gasteiger partial charge in [0, 0.05) is 16.6 Å². The van der Waals surface area contributed by atoms with Crippen LogP contribution in [0.4, 0.5) is 0 Å². The third-order valence-electron chi connectivity index (χ3n) is 0.870. The molecule has 44 valence electrons. The van der Waals surface area contributed by atoms with Gasteiger partial charge in [0.05, 0.1) is 0 Å². The number of nitrogens with zero attached hydrogens (tertiary/aromatic N) is 1. The van der Waals surface area contributed by atoms with E-state index >= 15 is 0 Å². The third-order valence-corrected chi connectivity index (χ3v) is 2.11. The van der Waals surface area contributed by atoms with E-state index in [2.05, 4.69) is 0 Å². The molecule has 2 nitrogen and oxygen atoms in total. The molecular weight excluding hydrogens is 146 g/mol. The highest BCUT2D eigenvalue weighted by Crippen LogP contribution is 2.31. The van der Waals surface area contributed by atoms with Crippen molar-refractivity contribution in [2.75, 3.05) is 0 Å². The lowest BCUT2D eigenvalue weighted by atomic mass is 10.7. The van der Waals surface area contributed by atoms with Crippen LogP contribution in [0, 0.1) is 4.91 Å². The van der Waals surface area contributed by atoms with Crippen LogP contribution in [0.15, 0.2) is 10.6 Å². The Kier molecular flexibility index (Phi) is 1.58. The molecule has 0 saturated carbocycles. The molecule has 0 aliphatic carbocycles. The maximum absolute atomic E-state index is 10.5. The SMILES string of the molecule is CC1SC(Cl)=C[N+]1=O. The van der Waals surface area contributed by atoms with Crippen LogP contribution in [0.1, 0.15) is 6.92 Å². The molecule has 0 aromatic rings. The van der Waals surface area contributed by atoms with Gasteiger partial charge in [0.25, 0.3) is 5.37 Å². The molecule has 1 aliphatic heterocycles. The van der Waals surface area contributed by atoms with Crippen LogP contribution in [0.2, 0.25) is 0 Å². The molecule has 1 atom stereocenters. The van der Waals surface area contributed by atoms with Crippen LogP contribution < -0.4 is 0 Å². The van der Waals surface area contributed by atoms with Gasteiger partial charge in [-0.3, -0.25) is 0 Å². The molecule has 0 aromatic carbocycles. The van der Waals surface area contributed by atoms with Crippen LogP contribution in [-0.4, -0.2) is 10.1 Å². The molecule has 0 saturated heterocycles. The van der Waals surface area contributed by atoms with Gasteiger partial charge in [-0.1, -0.05) is 11.6 Å². The highest BCUT2D eigenvalue weighted by molar-refractivity contribution is 8.05. The van der Waals surface area contributed by atoms with Crippen molar-refractivity contribution in [1.82, 2.24) is 0 Å². The highest BCUT2D eigenvalue weighted by atomic mass is 35.5. The minimum atomic E-state index is -0.0394. The van der Waals surface area contributed by atoms with Crippen molar-refractivity contribution in [3.8, 4) is 0 Å². The molecular formula is C4H5ClNOS+. The number of thioether (sulfide) groups is 1. The first kappa shape index (κ1) is 6.11. The van der Waals surface area contributed by atoms with E-state index in [4.69, 9.17) is 11.6 Å². The van der Waals surface area contributed by atoms with Crippen LogP contribution in [0.5, 0.6) is 0 Å². The van der Waals surface area contributed by atoms with Gasteiger partial charge < -0.3 is 0 Å². The summed E-state index contributed by atoms with van der Waals surface area (Å²) in [5.74, 6) is 0. The zero-order valence-corrected chi connectivity index (χ0v) is 5.87. The zero-order chi connectivity index (χ0) is 6.15. The summed E-state index contributed by atoms with van der Waals surface area (Å²) in [6.07, 6.45) is 1.39. The Morgan fingerprint density at radius 1 is 2.00 bits per heavy atom. The molecule has 0 N–H and O–H groups in total. The topological polar surface area (TPSA) is 20.1 Å². The molecule has 0 radical (unpaired) electrons. The second kappa shape index (κ2) is 2.07. The Bertz CT molecular complexity index is 156. The number of rotatable bonds is 0. The first-order chi connectivity index (χ1) is 3.70. The monoisotopic (exact) mass is 150 g/mol. The van der Waals surface area contributed by atoms with E-state index in [-0.39, 0.29) is 5.37 Å². The van der Waals surface area contributed by atoms with Gasteiger partial charge in [-0.05, 0) is 11.8 Å². The Morgan fingerprint density at radius 3 is 2.75 bits per heavy atom. The summed E-state index contributed by atoms with van der Waals surface area (Å²) < 4.78 is 1.42. The third kappa shape index (κ3) is 1.03. The number of halogens is 1. The van der Waals surface area contributed by atoms with E-state index < -0.39 is 0 Å². The maximum Gasteiger partial charge on any atom is 0.255 e. The van der Waals surface area contributed by atoms with Crippen LogP contribution in [0.3, 0.4) is 0 Å². The lowest BCUT2D eigenvalue weighted by molar-refractivity contribution is -0.486. The van der Waals surface area contributed by atoms with E-state index in [1.165, 1.54) is 18.0 Å². The van der Waals surface area contributed by atoms with Crippen molar-refractivity contribution in [3.05, 3.63) is 15.5 Å². The Hall–Kier alpha value is -0.0200. The summed E-state index contributed by atoms with van der Waals surface area (Å²) in [5, 5.41) is -0.0394. The van der Waals surface area contributed by atoms with E-state index in [9.17, 15) is 4.91 Å². The van der Waals surface area contributed by atoms with Gasteiger partial charge in [0.1, 0.15) is 4.36 Å². The van der Waals surface area contributed by atoms with E-state index in [0.29, 0.717) is 4.36 Å². The molecule has 1 heterocycles. The van der Waals surface area contributed by atoms with E-state index in [0.717, 1.165) is 4.76 Å². The summed E-state index contributed by atoms with van der Waals surface area (Å²) in [6.45, 7) is 1.81. The zero-order valence-electron chi connectivity index (χ0n) is 4.30. The predicted octanol–water partition coefficient (Wildman–Crippen LogP) is 1.90. The second-order valence-electron chi connectivity index (χ2n) is 1.51. The molecule has 0 spiro atoms. The van der Waals surface area contributed by atoms with Gasteiger partial charge in [-0.25, -0.2) is 0 Å². The standard InChI is InChI=1S/C4H5ClNOS/c1-3-6(7)2-4(5)8-3/h2-3H,1H3/q+1. The number of hydrogen-bond donors (Lipinski definition) is 0. The lowest BCUT2D eigenvalue weighted by Crippen LogP contribution is -2.04. The molecule has 0 bridgehead atoms. The van der Waals surface area contributed by atoms with Gasteiger partial charge >= 0.3 is 0 Å². The second-order valence-corrected chi connectivity index (χ2v) is 3.50. The van der Waals surface area contributed by atoms with Crippen molar-refractivity contribution in [2.45, 2.75) is 12.3 Å². The molecule has 4 heteroatoms. The fourth-order valence-corrected chi connectivity index (χ4v) is 1.59. The van der Waals surface area contributed by atoms with Gasteiger partial charge in [-0.2, -0.15) is 0 Å². The van der Waals surface area contributed by atoms with E-state index in [1.807, 2.05) is 6.92 Å². The Balaban J connectivity index is 2.70. The first-order valence-corrected chi connectivity index (χ1v) is 3.45.